The van der Waals surface area contributed by atoms with E-state index in [1.165, 1.54) is 24.0 Å². The van der Waals surface area contributed by atoms with Gasteiger partial charge in [-0.25, -0.2) is 0 Å². The van der Waals surface area contributed by atoms with Gasteiger partial charge in [-0.1, -0.05) is 24.0 Å². The molecule has 1 aliphatic heterocycles. The van der Waals surface area contributed by atoms with Crippen LogP contribution in [0.3, 0.4) is 0 Å². The van der Waals surface area contributed by atoms with Crippen LogP contribution in [0.1, 0.15) is 12.5 Å². The summed E-state index contributed by atoms with van der Waals surface area (Å²) in [5.41, 5.74) is 1.87. The highest BCUT2D eigenvalue weighted by atomic mass is 32.2. The molecule has 0 radical (unpaired) electrons. The second-order valence-electron chi connectivity index (χ2n) is 5.59. The van der Waals surface area contributed by atoms with Crippen LogP contribution in [-0.2, 0) is 9.59 Å². The van der Waals surface area contributed by atoms with Crippen LogP contribution in [0.4, 0.5) is 17.1 Å². The zero-order valence-electron chi connectivity index (χ0n) is 14.0. The molecule has 7 nitrogen and oxygen atoms in total. The van der Waals surface area contributed by atoms with Crippen molar-refractivity contribution in [2.24, 2.45) is 0 Å². The Morgan fingerprint density at radius 2 is 1.81 bits per heavy atom. The lowest BCUT2D eigenvalue weighted by Crippen LogP contribution is -2.27. The first-order valence-electron chi connectivity index (χ1n) is 7.75. The maximum Gasteiger partial charge on any atom is 0.270 e. The lowest BCUT2D eigenvalue weighted by atomic mass is 10.2. The number of nitrogens with one attached hydrogen (secondary N) is 1. The van der Waals surface area contributed by atoms with E-state index < -0.39 is 4.92 Å². The van der Waals surface area contributed by atoms with E-state index in [1.54, 1.807) is 42.5 Å². The number of hydrogen-bond donors (Lipinski definition) is 1. The Kier molecular flexibility index (Phi) is 5.33. The third kappa shape index (κ3) is 4.21. The predicted octanol–water partition coefficient (Wildman–Crippen LogP) is 3.96. The first kappa shape index (κ1) is 18.7. The number of amides is 2. The number of carbonyl (C=O) groups is 2. The fraction of sp³-hybridized carbons (Fsp3) is 0.0556. The highest BCUT2D eigenvalue weighted by Crippen LogP contribution is 2.36. The molecular weight excluding hydrogens is 386 g/mol. The van der Waals surface area contributed by atoms with Gasteiger partial charge in [-0.3, -0.25) is 24.6 Å². The van der Waals surface area contributed by atoms with Crippen LogP contribution in [-0.4, -0.2) is 21.1 Å². The normalized spacial score (nSPS) is 15.3. The van der Waals surface area contributed by atoms with Crippen molar-refractivity contribution in [3.8, 4) is 0 Å². The number of benzene rings is 2. The smallest absolute Gasteiger partial charge is 0.270 e. The number of nitro groups is 1. The third-order valence-corrected chi connectivity index (χ3v) is 4.94. The van der Waals surface area contributed by atoms with Crippen molar-refractivity contribution < 1.29 is 14.5 Å². The Hall–Kier alpha value is -3.04. The zero-order valence-corrected chi connectivity index (χ0v) is 15.7. The van der Waals surface area contributed by atoms with Crippen molar-refractivity contribution in [2.75, 3.05) is 10.2 Å². The van der Waals surface area contributed by atoms with Crippen LogP contribution in [0.2, 0.25) is 0 Å². The minimum absolute atomic E-state index is 0.0149. The number of non-ortho nitro benzene ring substituents is 1. The average Bonchev–Trinajstić information content (AvgIpc) is 2.89. The van der Waals surface area contributed by atoms with Gasteiger partial charge in [0.05, 0.1) is 15.5 Å². The van der Waals surface area contributed by atoms with Gasteiger partial charge in [0.1, 0.15) is 0 Å². The van der Waals surface area contributed by atoms with E-state index in [9.17, 15) is 19.7 Å². The van der Waals surface area contributed by atoms with Gasteiger partial charge in [0, 0.05) is 24.7 Å². The molecule has 0 bridgehead atoms. The van der Waals surface area contributed by atoms with Gasteiger partial charge in [-0.15, -0.1) is 0 Å². The van der Waals surface area contributed by atoms with Gasteiger partial charge in [-0.2, -0.15) is 0 Å². The molecule has 2 aromatic carbocycles. The van der Waals surface area contributed by atoms with Gasteiger partial charge < -0.3 is 5.32 Å². The topological polar surface area (TPSA) is 92.6 Å². The second-order valence-corrected chi connectivity index (χ2v) is 7.27. The first-order valence-corrected chi connectivity index (χ1v) is 8.98. The molecule has 0 aliphatic carbocycles. The van der Waals surface area contributed by atoms with Crippen LogP contribution in [0.5, 0.6) is 0 Å². The third-order valence-electron chi connectivity index (χ3n) is 3.64. The minimum Gasteiger partial charge on any atom is -0.326 e. The molecule has 27 heavy (non-hydrogen) atoms. The highest BCUT2D eigenvalue weighted by molar-refractivity contribution is 8.27. The molecule has 3 rings (SSSR count). The Bertz CT molecular complexity index is 969. The van der Waals surface area contributed by atoms with Crippen molar-refractivity contribution >= 4 is 63.3 Å². The lowest BCUT2D eigenvalue weighted by molar-refractivity contribution is -0.384. The fourth-order valence-electron chi connectivity index (χ4n) is 2.43. The van der Waals surface area contributed by atoms with Crippen molar-refractivity contribution in [2.45, 2.75) is 6.92 Å². The van der Waals surface area contributed by atoms with E-state index >= 15 is 0 Å². The van der Waals surface area contributed by atoms with Gasteiger partial charge in [-0.05, 0) is 48.0 Å². The Morgan fingerprint density at radius 1 is 1.19 bits per heavy atom. The molecule has 0 spiro atoms. The number of hydrogen-bond acceptors (Lipinski definition) is 6. The first-order chi connectivity index (χ1) is 12.8. The van der Waals surface area contributed by atoms with Gasteiger partial charge in [0.2, 0.25) is 5.91 Å². The van der Waals surface area contributed by atoms with Crippen LogP contribution < -0.4 is 10.2 Å². The highest BCUT2D eigenvalue weighted by Gasteiger charge is 2.33. The van der Waals surface area contributed by atoms with E-state index in [4.69, 9.17) is 12.2 Å². The molecule has 1 fully saturated rings. The number of anilines is 2. The number of thiocarbonyl (C=S) groups is 1. The number of rotatable bonds is 4. The Labute approximate surface area is 164 Å². The van der Waals surface area contributed by atoms with Crippen LogP contribution in [0, 0.1) is 10.1 Å². The van der Waals surface area contributed by atoms with Gasteiger partial charge >= 0.3 is 0 Å². The van der Waals surface area contributed by atoms with E-state index in [-0.39, 0.29) is 17.5 Å². The van der Waals surface area contributed by atoms with E-state index in [1.807, 2.05) is 0 Å². The van der Waals surface area contributed by atoms with Crippen molar-refractivity contribution in [3.63, 3.8) is 0 Å². The summed E-state index contributed by atoms with van der Waals surface area (Å²) < 4.78 is 0.389. The second kappa shape index (κ2) is 7.68. The van der Waals surface area contributed by atoms with Crippen molar-refractivity contribution in [1.82, 2.24) is 0 Å². The summed E-state index contributed by atoms with van der Waals surface area (Å²) in [7, 11) is 0. The quantitative estimate of drug-likeness (QED) is 0.362. The molecule has 0 atom stereocenters. The van der Waals surface area contributed by atoms with E-state index in [0.717, 1.165) is 11.8 Å². The van der Waals surface area contributed by atoms with Crippen LogP contribution in [0.25, 0.3) is 6.08 Å². The fourth-order valence-corrected chi connectivity index (χ4v) is 3.73. The average molecular weight is 399 g/mol. The van der Waals surface area contributed by atoms with Gasteiger partial charge in [0.25, 0.3) is 11.6 Å². The molecule has 1 saturated heterocycles. The standard InChI is InChI=1S/C18H13N3O4S2/c1-11(22)19-13-4-8-14(9-5-13)20-17(23)16(27-18(20)26)10-12-2-6-15(7-3-12)21(24)25/h2-10H,1H3,(H,19,22)/b16-10-. The summed E-state index contributed by atoms with van der Waals surface area (Å²) in [6.07, 6.45) is 1.65. The molecule has 2 amide bonds. The maximum absolute atomic E-state index is 12.7. The molecule has 0 saturated carbocycles. The minimum atomic E-state index is -0.478. The largest absolute Gasteiger partial charge is 0.326 e. The molecule has 136 valence electrons. The van der Waals surface area contributed by atoms with E-state index in [2.05, 4.69) is 5.32 Å². The molecule has 0 aromatic heterocycles. The summed E-state index contributed by atoms with van der Waals surface area (Å²) in [6, 6.07) is 12.7. The number of thioether (sulfide) groups is 1. The monoisotopic (exact) mass is 399 g/mol. The van der Waals surface area contributed by atoms with Crippen molar-refractivity contribution in [3.05, 3.63) is 69.1 Å². The Morgan fingerprint density at radius 3 is 2.37 bits per heavy atom. The molecule has 1 aliphatic rings. The summed E-state index contributed by atoms with van der Waals surface area (Å²) in [5.74, 6) is -0.449. The Balaban J connectivity index is 1.82. The lowest BCUT2D eigenvalue weighted by Gasteiger charge is -2.15. The molecule has 2 aromatic rings. The summed E-state index contributed by atoms with van der Waals surface area (Å²) >= 11 is 6.48. The molecule has 9 heteroatoms. The van der Waals surface area contributed by atoms with Crippen molar-refractivity contribution in [1.29, 1.82) is 0 Å². The number of nitrogens with zero attached hydrogens (tertiary/aromatic N) is 2. The van der Waals surface area contributed by atoms with Crippen LogP contribution >= 0.6 is 24.0 Å². The molecule has 0 unspecified atom stereocenters. The molecular formula is C18H13N3O4S2. The molecule has 1 N–H and O–H groups in total. The summed E-state index contributed by atoms with van der Waals surface area (Å²) in [4.78, 5) is 35.9. The zero-order chi connectivity index (χ0) is 19.6. The predicted molar refractivity (Wildman–Crippen MR) is 109 cm³/mol. The summed E-state index contributed by atoms with van der Waals surface area (Å²) in [5, 5.41) is 13.4. The maximum atomic E-state index is 12.7. The summed E-state index contributed by atoms with van der Waals surface area (Å²) in [6.45, 7) is 1.42. The molecule has 1 heterocycles. The van der Waals surface area contributed by atoms with E-state index in [0.29, 0.717) is 26.2 Å². The van der Waals surface area contributed by atoms with Crippen LogP contribution in [0.15, 0.2) is 53.4 Å². The SMILES string of the molecule is CC(=O)Nc1ccc(N2C(=O)/C(=C/c3ccc([N+](=O)[O-])cc3)SC2=S)cc1. The number of nitro benzene ring substituents is 1. The number of carbonyl (C=O) groups excluding carboxylic acids is 2. The van der Waals surface area contributed by atoms with Gasteiger partial charge in [0.15, 0.2) is 4.32 Å².